The second-order valence-electron chi connectivity index (χ2n) is 5.51. The quantitative estimate of drug-likeness (QED) is 0.700. The molecule has 84 valence electrons. The summed E-state index contributed by atoms with van der Waals surface area (Å²) in [7, 11) is 0. The molecule has 0 aromatic carbocycles. The van der Waals surface area contributed by atoms with Crippen LogP contribution in [0.2, 0.25) is 0 Å². The van der Waals surface area contributed by atoms with Gasteiger partial charge < -0.3 is 10.0 Å². The summed E-state index contributed by atoms with van der Waals surface area (Å²) in [6.07, 6.45) is 5.51. The van der Waals surface area contributed by atoms with E-state index < -0.39 is 0 Å². The molecule has 1 amide bonds. The van der Waals surface area contributed by atoms with Crippen LogP contribution >= 0.6 is 0 Å². The van der Waals surface area contributed by atoms with Crippen molar-refractivity contribution in [3.05, 3.63) is 0 Å². The Morgan fingerprint density at radius 3 is 2.60 bits per heavy atom. The van der Waals surface area contributed by atoms with Crippen LogP contribution in [0.3, 0.4) is 0 Å². The van der Waals surface area contributed by atoms with Gasteiger partial charge in [-0.25, -0.2) is 0 Å². The molecule has 3 nitrogen and oxygen atoms in total. The number of rotatable bonds is 1. The number of likely N-dealkylation sites (tertiary alicyclic amines) is 1. The Morgan fingerprint density at radius 2 is 2.07 bits per heavy atom. The molecule has 1 aliphatic heterocycles. The first-order valence-corrected chi connectivity index (χ1v) is 6.21. The van der Waals surface area contributed by atoms with Gasteiger partial charge in [0, 0.05) is 19.0 Å². The molecule has 3 heteroatoms. The van der Waals surface area contributed by atoms with Crippen molar-refractivity contribution in [2.24, 2.45) is 17.8 Å². The SMILES string of the molecule is O=C(C1CC2CCC1C2)N1CC[C@@H](O)C1. The molecule has 3 rings (SSSR count). The number of aliphatic hydroxyl groups excluding tert-OH is 1. The molecule has 2 aliphatic carbocycles. The van der Waals surface area contributed by atoms with E-state index in [2.05, 4.69) is 0 Å². The Labute approximate surface area is 90.5 Å². The lowest BCUT2D eigenvalue weighted by Crippen LogP contribution is -2.37. The predicted octanol–water partition coefficient (Wildman–Crippen LogP) is 1.02. The van der Waals surface area contributed by atoms with E-state index in [1.807, 2.05) is 4.90 Å². The van der Waals surface area contributed by atoms with E-state index in [1.54, 1.807) is 0 Å². The van der Waals surface area contributed by atoms with E-state index in [0.29, 0.717) is 24.3 Å². The van der Waals surface area contributed by atoms with Crippen molar-refractivity contribution in [2.75, 3.05) is 13.1 Å². The summed E-state index contributed by atoms with van der Waals surface area (Å²) in [6, 6.07) is 0. The molecular formula is C12H19NO2. The van der Waals surface area contributed by atoms with Crippen molar-refractivity contribution < 1.29 is 9.90 Å². The zero-order valence-corrected chi connectivity index (χ0v) is 9.06. The lowest BCUT2D eigenvalue weighted by Gasteiger charge is -2.26. The van der Waals surface area contributed by atoms with Crippen LogP contribution in [-0.2, 0) is 4.79 Å². The number of β-amino-alcohol motifs (C(OH)–C–C–N with tert-alkyl or cyclic N) is 1. The second-order valence-corrected chi connectivity index (χ2v) is 5.51. The monoisotopic (exact) mass is 209 g/mol. The van der Waals surface area contributed by atoms with Crippen molar-refractivity contribution in [2.45, 2.75) is 38.2 Å². The summed E-state index contributed by atoms with van der Waals surface area (Å²) < 4.78 is 0. The topological polar surface area (TPSA) is 40.5 Å². The third-order valence-electron chi connectivity index (χ3n) is 4.53. The Balaban J connectivity index is 1.65. The van der Waals surface area contributed by atoms with Gasteiger partial charge in [-0.15, -0.1) is 0 Å². The summed E-state index contributed by atoms with van der Waals surface area (Å²) in [5.74, 6) is 2.13. The average molecular weight is 209 g/mol. The van der Waals surface area contributed by atoms with Gasteiger partial charge in [-0.05, 0) is 37.5 Å². The zero-order chi connectivity index (χ0) is 10.4. The maximum absolute atomic E-state index is 12.2. The molecular weight excluding hydrogens is 190 g/mol. The van der Waals surface area contributed by atoms with Crippen molar-refractivity contribution >= 4 is 5.91 Å². The van der Waals surface area contributed by atoms with Crippen LogP contribution in [-0.4, -0.2) is 35.1 Å². The van der Waals surface area contributed by atoms with Crippen molar-refractivity contribution in [1.29, 1.82) is 0 Å². The molecule has 0 aromatic heterocycles. The van der Waals surface area contributed by atoms with Gasteiger partial charge in [-0.3, -0.25) is 4.79 Å². The average Bonchev–Trinajstić information content (AvgIpc) is 2.90. The number of fused-ring (bicyclic) bond motifs is 2. The summed E-state index contributed by atoms with van der Waals surface area (Å²) in [4.78, 5) is 14.1. The van der Waals surface area contributed by atoms with E-state index >= 15 is 0 Å². The first-order chi connectivity index (χ1) is 7.24. The van der Waals surface area contributed by atoms with Crippen LogP contribution in [0.4, 0.5) is 0 Å². The van der Waals surface area contributed by atoms with Crippen molar-refractivity contribution in [3.8, 4) is 0 Å². The van der Waals surface area contributed by atoms with Crippen LogP contribution in [0, 0.1) is 17.8 Å². The Kier molecular flexibility index (Phi) is 2.23. The third kappa shape index (κ3) is 1.57. The Hall–Kier alpha value is -0.570. The standard InChI is InChI=1S/C12H19NO2/c14-10-3-4-13(7-10)12(15)11-6-8-1-2-9(11)5-8/h8-11,14H,1-7H2/t8?,9?,10-,11?/m1/s1. The molecule has 3 unspecified atom stereocenters. The number of nitrogens with zero attached hydrogens (tertiary/aromatic N) is 1. The van der Waals surface area contributed by atoms with E-state index in [0.717, 1.165) is 25.3 Å². The van der Waals surface area contributed by atoms with Crippen LogP contribution in [0.5, 0.6) is 0 Å². The molecule has 3 fully saturated rings. The van der Waals surface area contributed by atoms with Gasteiger partial charge in [0.05, 0.1) is 6.10 Å². The van der Waals surface area contributed by atoms with Gasteiger partial charge in [0.25, 0.3) is 0 Å². The summed E-state index contributed by atoms with van der Waals surface area (Å²) in [6.45, 7) is 1.35. The lowest BCUT2D eigenvalue weighted by molar-refractivity contribution is -0.136. The fourth-order valence-electron chi connectivity index (χ4n) is 3.72. The van der Waals surface area contributed by atoms with E-state index in [1.165, 1.54) is 19.3 Å². The van der Waals surface area contributed by atoms with Crippen LogP contribution in [0.15, 0.2) is 0 Å². The molecule has 3 aliphatic rings. The number of carbonyl (C=O) groups is 1. The van der Waals surface area contributed by atoms with Gasteiger partial charge in [0.2, 0.25) is 5.91 Å². The molecule has 1 saturated heterocycles. The van der Waals surface area contributed by atoms with E-state index in [9.17, 15) is 9.90 Å². The van der Waals surface area contributed by atoms with E-state index in [4.69, 9.17) is 0 Å². The molecule has 0 aromatic rings. The Morgan fingerprint density at radius 1 is 1.20 bits per heavy atom. The molecule has 0 radical (unpaired) electrons. The van der Waals surface area contributed by atoms with Gasteiger partial charge in [0.1, 0.15) is 0 Å². The van der Waals surface area contributed by atoms with Crippen LogP contribution in [0.25, 0.3) is 0 Å². The molecule has 2 bridgehead atoms. The molecule has 1 heterocycles. The first-order valence-electron chi connectivity index (χ1n) is 6.21. The van der Waals surface area contributed by atoms with Crippen molar-refractivity contribution in [1.82, 2.24) is 4.90 Å². The minimum atomic E-state index is -0.271. The van der Waals surface area contributed by atoms with Gasteiger partial charge >= 0.3 is 0 Å². The minimum absolute atomic E-state index is 0.271. The second kappa shape index (κ2) is 3.48. The van der Waals surface area contributed by atoms with Crippen molar-refractivity contribution in [3.63, 3.8) is 0 Å². The van der Waals surface area contributed by atoms with Crippen LogP contribution in [0.1, 0.15) is 32.1 Å². The predicted molar refractivity (Wildman–Crippen MR) is 56.1 cm³/mol. The highest BCUT2D eigenvalue weighted by atomic mass is 16.3. The largest absolute Gasteiger partial charge is 0.391 e. The minimum Gasteiger partial charge on any atom is -0.391 e. The maximum atomic E-state index is 12.2. The smallest absolute Gasteiger partial charge is 0.226 e. The fraction of sp³-hybridized carbons (Fsp3) is 0.917. The number of hydrogen-bond acceptors (Lipinski definition) is 2. The summed E-state index contributed by atoms with van der Waals surface area (Å²) >= 11 is 0. The summed E-state index contributed by atoms with van der Waals surface area (Å²) in [5.41, 5.74) is 0. The Bertz CT molecular complexity index is 279. The molecule has 2 saturated carbocycles. The number of hydrogen-bond donors (Lipinski definition) is 1. The molecule has 15 heavy (non-hydrogen) atoms. The molecule has 1 N–H and O–H groups in total. The highest BCUT2D eigenvalue weighted by molar-refractivity contribution is 5.80. The number of amides is 1. The van der Waals surface area contributed by atoms with Gasteiger partial charge in [-0.2, -0.15) is 0 Å². The third-order valence-corrected chi connectivity index (χ3v) is 4.53. The molecule has 4 atom stereocenters. The highest BCUT2D eigenvalue weighted by Gasteiger charge is 2.45. The molecule has 0 spiro atoms. The lowest BCUT2D eigenvalue weighted by atomic mass is 9.88. The van der Waals surface area contributed by atoms with Gasteiger partial charge in [-0.1, -0.05) is 6.42 Å². The highest BCUT2D eigenvalue weighted by Crippen LogP contribution is 2.49. The van der Waals surface area contributed by atoms with Gasteiger partial charge in [0.15, 0.2) is 0 Å². The number of aliphatic hydroxyl groups is 1. The zero-order valence-electron chi connectivity index (χ0n) is 9.06. The van der Waals surface area contributed by atoms with E-state index in [-0.39, 0.29) is 6.10 Å². The fourth-order valence-corrected chi connectivity index (χ4v) is 3.72. The normalized spacial score (nSPS) is 43.9. The first kappa shape index (κ1) is 9.64. The summed E-state index contributed by atoms with van der Waals surface area (Å²) in [5, 5.41) is 9.43. The maximum Gasteiger partial charge on any atom is 0.226 e. The number of carbonyl (C=O) groups excluding carboxylic acids is 1. The van der Waals surface area contributed by atoms with Crippen LogP contribution < -0.4 is 0 Å².